The summed E-state index contributed by atoms with van der Waals surface area (Å²) >= 11 is 1.32. The second-order valence-corrected chi connectivity index (χ2v) is 7.47. The van der Waals surface area contributed by atoms with E-state index in [1.54, 1.807) is 16.5 Å². The van der Waals surface area contributed by atoms with Crippen LogP contribution in [-0.2, 0) is 4.79 Å². The van der Waals surface area contributed by atoms with Crippen LogP contribution in [0.4, 0.5) is 0 Å². The van der Waals surface area contributed by atoms with E-state index in [9.17, 15) is 9.59 Å². The molecule has 9 heteroatoms. The molecule has 0 radical (unpaired) electrons. The van der Waals surface area contributed by atoms with Crippen molar-refractivity contribution in [2.45, 2.75) is 37.4 Å². The minimum atomic E-state index is -0.324. The van der Waals surface area contributed by atoms with Gasteiger partial charge in [-0.05, 0) is 38.3 Å². The minimum absolute atomic E-state index is 0.101. The van der Waals surface area contributed by atoms with E-state index in [0.717, 1.165) is 24.1 Å². The van der Waals surface area contributed by atoms with Crippen molar-refractivity contribution in [2.75, 3.05) is 18.1 Å². The number of amides is 1. The lowest BCUT2D eigenvalue weighted by Gasteiger charge is -2.33. The van der Waals surface area contributed by atoms with Gasteiger partial charge in [0, 0.05) is 12.6 Å². The first-order chi connectivity index (χ1) is 12.6. The molecule has 1 amide bonds. The Bertz CT molecular complexity index is 1040. The van der Waals surface area contributed by atoms with Gasteiger partial charge in [0.2, 0.25) is 5.91 Å². The van der Waals surface area contributed by atoms with Crippen molar-refractivity contribution >= 4 is 34.3 Å². The fraction of sp³-hybridized carbons (Fsp3) is 0.412. The monoisotopic (exact) mass is 372 g/mol. The molecule has 1 fully saturated rings. The Morgan fingerprint density at radius 1 is 1.31 bits per heavy atom. The molecule has 2 N–H and O–H groups in total. The van der Waals surface area contributed by atoms with Crippen molar-refractivity contribution in [3.05, 3.63) is 34.6 Å². The first kappa shape index (κ1) is 16.9. The van der Waals surface area contributed by atoms with E-state index in [4.69, 9.17) is 5.84 Å². The third-order valence-corrected chi connectivity index (χ3v) is 5.79. The Balaban J connectivity index is 1.67. The summed E-state index contributed by atoms with van der Waals surface area (Å²) in [5, 5.41) is 9.22. The van der Waals surface area contributed by atoms with Crippen LogP contribution in [0.1, 0.15) is 26.2 Å². The number of nitrogen functional groups attached to an aromatic ring is 1. The molecule has 136 valence electrons. The maximum absolute atomic E-state index is 12.6. The van der Waals surface area contributed by atoms with Gasteiger partial charge in [0.1, 0.15) is 0 Å². The van der Waals surface area contributed by atoms with Gasteiger partial charge in [-0.15, -0.1) is 10.2 Å². The molecule has 1 saturated heterocycles. The number of carbonyl (C=O) groups excluding carboxylic acids is 1. The third kappa shape index (κ3) is 2.72. The number of carbonyl (C=O) groups is 1. The minimum Gasteiger partial charge on any atom is -0.339 e. The highest BCUT2D eigenvalue weighted by molar-refractivity contribution is 7.99. The molecule has 3 heterocycles. The molecular weight excluding hydrogens is 352 g/mol. The number of likely N-dealkylation sites (tertiary alicyclic amines) is 1. The molecule has 3 aromatic rings. The molecule has 0 aliphatic carbocycles. The Kier molecular flexibility index (Phi) is 4.31. The lowest BCUT2D eigenvalue weighted by Crippen LogP contribution is -2.42. The van der Waals surface area contributed by atoms with E-state index in [-0.39, 0.29) is 29.0 Å². The summed E-state index contributed by atoms with van der Waals surface area (Å²) in [6.45, 7) is 2.90. The molecule has 1 aliphatic heterocycles. The Morgan fingerprint density at radius 2 is 2.12 bits per heavy atom. The van der Waals surface area contributed by atoms with Gasteiger partial charge in [-0.2, -0.15) is 4.68 Å². The summed E-state index contributed by atoms with van der Waals surface area (Å²) < 4.78 is 2.72. The van der Waals surface area contributed by atoms with Gasteiger partial charge in [0.05, 0.1) is 16.7 Å². The Labute approximate surface area is 153 Å². The molecule has 0 spiro atoms. The van der Waals surface area contributed by atoms with E-state index in [0.29, 0.717) is 16.1 Å². The summed E-state index contributed by atoms with van der Waals surface area (Å²) in [4.78, 5) is 26.9. The number of nitrogens with zero attached hydrogens (tertiary/aromatic N) is 5. The van der Waals surface area contributed by atoms with E-state index >= 15 is 0 Å². The highest BCUT2D eigenvalue weighted by Crippen LogP contribution is 2.23. The molecule has 2 aromatic heterocycles. The van der Waals surface area contributed by atoms with Crippen LogP contribution >= 0.6 is 11.8 Å². The van der Waals surface area contributed by atoms with Crippen LogP contribution in [0, 0.1) is 0 Å². The third-order valence-electron chi connectivity index (χ3n) is 4.87. The van der Waals surface area contributed by atoms with Gasteiger partial charge < -0.3 is 10.7 Å². The molecule has 1 aliphatic rings. The summed E-state index contributed by atoms with van der Waals surface area (Å²) in [6, 6.07) is 7.45. The molecule has 1 atom stereocenters. The maximum Gasteiger partial charge on any atom is 0.281 e. The number of hydrogen-bond donors (Lipinski definition) is 1. The molecule has 1 aromatic carbocycles. The van der Waals surface area contributed by atoms with Crippen molar-refractivity contribution < 1.29 is 4.79 Å². The average Bonchev–Trinajstić information content (AvgIpc) is 3.09. The highest BCUT2D eigenvalue weighted by Gasteiger charge is 2.24. The van der Waals surface area contributed by atoms with Gasteiger partial charge >= 0.3 is 0 Å². The van der Waals surface area contributed by atoms with Crippen LogP contribution in [0.15, 0.2) is 34.2 Å². The number of benzene rings is 1. The molecule has 8 nitrogen and oxygen atoms in total. The van der Waals surface area contributed by atoms with Gasteiger partial charge in [-0.25, -0.2) is 0 Å². The number of rotatable bonds is 3. The first-order valence-corrected chi connectivity index (χ1v) is 9.62. The Hall–Kier alpha value is -2.55. The smallest absolute Gasteiger partial charge is 0.281 e. The van der Waals surface area contributed by atoms with E-state index in [1.165, 1.54) is 18.2 Å². The first-order valence-electron chi connectivity index (χ1n) is 8.64. The lowest BCUT2D eigenvalue weighted by molar-refractivity contribution is -0.131. The topological polar surface area (TPSA) is 98.5 Å². The maximum atomic E-state index is 12.6. The summed E-state index contributed by atoms with van der Waals surface area (Å²) in [7, 11) is 0. The fourth-order valence-corrected chi connectivity index (χ4v) is 4.30. The zero-order chi connectivity index (χ0) is 18.3. The molecule has 0 bridgehead atoms. The molecular formula is C17H20N6O2S. The highest BCUT2D eigenvalue weighted by atomic mass is 32.2. The van der Waals surface area contributed by atoms with E-state index in [1.807, 2.05) is 17.0 Å². The van der Waals surface area contributed by atoms with Crippen LogP contribution < -0.4 is 11.4 Å². The van der Waals surface area contributed by atoms with Gasteiger partial charge in [-0.1, -0.05) is 23.9 Å². The zero-order valence-electron chi connectivity index (χ0n) is 14.5. The summed E-state index contributed by atoms with van der Waals surface area (Å²) in [6.07, 6.45) is 3.28. The number of aromatic nitrogens is 4. The molecule has 26 heavy (non-hydrogen) atoms. The average molecular weight is 372 g/mol. The fourth-order valence-electron chi connectivity index (χ4n) is 3.47. The van der Waals surface area contributed by atoms with Crippen LogP contribution in [0.2, 0.25) is 0 Å². The van der Waals surface area contributed by atoms with Crippen molar-refractivity contribution in [3.63, 3.8) is 0 Å². The SMILES string of the molecule is CC1CCCCN1C(=O)CSc1nnc2n(N)c(=O)c3ccccc3n12. The second kappa shape index (κ2) is 6.64. The standard InChI is InChI=1S/C17H20N6O2S/c1-11-6-4-5-9-21(11)14(24)10-26-17-20-19-16-22(17)13-8-3-2-7-12(13)15(25)23(16)18/h2-3,7-8,11H,4-6,9-10,18H2,1H3. The number of fused-ring (bicyclic) bond motifs is 3. The largest absolute Gasteiger partial charge is 0.339 e. The van der Waals surface area contributed by atoms with Crippen molar-refractivity contribution in [3.8, 4) is 0 Å². The summed E-state index contributed by atoms with van der Waals surface area (Å²) in [5.74, 6) is 6.53. The van der Waals surface area contributed by atoms with Gasteiger partial charge in [-0.3, -0.25) is 14.0 Å². The number of para-hydroxylation sites is 1. The van der Waals surface area contributed by atoms with Crippen LogP contribution in [0.25, 0.3) is 16.7 Å². The Morgan fingerprint density at radius 3 is 2.92 bits per heavy atom. The van der Waals surface area contributed by atoms with E-state index in [2.05, 4.69) is 17.1 Å². The zero-order valence-corrected chi connectivity index (χ0v) is 15.3. The molecule has 4 rings (SSSR count). The van der Waals surface area contributed by atoms with Crippen LogP contribution in [0.3, 0.4) is 0 Å². The van der Waals surface area contributed by atoms with E-state index < -0.39 is 0 Å². The lowest BCUT2D eigenvalue weighted by atomic mass is 10.0. The molecule has 0 saturated carbocycles. The normalized spacial score (nSPS) is 17.9. The summed E-state index contributed by atoms with van der Waals surface area (Å²) in [5.41, 5.74) is 0.357. The van der Waals surface area contributed by atoms with Gasteiger partial charge in [0.15, 0.2) is 5.16 Å². The van der Waals surface area contributed by atoms with Gasteiger partial charge in [0.25, 0.3) is 11.3 Å². The molecule has 1 unspecified atom stereocenters. The second-order valence-electron chi connectivity index (χ2n) is 6.53. The number of nitrogens with two attached hydrogens (primary N) is 1. The quantitative estimate of drug-likeness (QED) is 0.549. The predicted octanol–water partition coefficient (Wildman–Crippen LogP) is 1.25. The van der Waals surface area contributed by atoms with Crippen LogP contribution in [0.5, 0.6) is 0 Å². The van der Waals surface area contributed by atoms with Crippen LogP contribution in [-0.4, -0.2) is 48.4 Å². The number of thioether (sulfide) groups is 1. The predicted molar refractivity (Wildman–Crippen MR) is 101 cm³/mol. The number of piperidine rings is 1. The number of hydrogen-bond acceptors (Lipinski definition) is 6. The van der Waals surface area contributed by atoms with Crippen molar-refractivity contribution in [1.82, 2.24) is 24.2 Å². The van der Waals surface area contributed by atoms with Crippen molar-refractivity contribution in [2.24, 2.45) is 0 Å². The van der Waals surface area contributed by atoms with Crippen molar-refractivity contribution in [1.29, 1.82) is 0 Å².